The molecule has 27 heavy (non-hydrogen) atoms. The molecule has 1 heterocycles. The second kappa shape index (κ2) is 8.31. The summed E-state index contributed by atoms with van der Waals surface area (Å²) in [5, 5.41) is 3.24. The third-order valence-corrected chi connectivity index (χ3v) is 4.31. The number of rotatable bonds is 4. The Hall–Kier alpha value is -2.73. The average molecular weight is 389 g/mol. The molecule has 0 atom stereocenters. The minimum Gasteiger partial charge on any atom is -0.489 e. The second-order valence-corrected chi connectivity index (χ2v) is 6.87. The molecule has 0 radical (unpaired) electrons. The van der Waals surface area contributed by atoms with Gasteiger partial charge in [-0.05, 0) is 35.9 Å². The van der Waals surface area contributed by atoms with E-state index < -0.39 is 0 Å². The van der Waals surface area contributed by atoms with Crippen LogP contribution in [0.25, 0.3) is 0 Å². The molecular weight excluding hydrogens is 368 g/mol. The van der Waals surface area contributed by atoms with Crippen molar-refractivity contribution in [3.8, 4) is 11.5 Å². The van der Waals surface area contributed by atoms with Gasteiger partial charge in [0.25, 0.3) is 5.91 Å². The summed E-state index contributed by atoms with van der Waals surface area (Å²) in [6.45, 7) is 1.10. The van der Waals surface area contributed by atoms with Crippen molar-refractivity contribution in [3.63, 3.8) is 0 Å². The lowest BCUT2D eigenvalue weighted by molar-refractivity contribution is -0.115. The Bertz CT molecular complexity index is 867. The first kappa shape index (κ1) is 19.0. The van der Waals surface area contributed by atoms with Gasteiger partial charge in [-0.3, -0.25) is 9.59 Å². The Labute approximate surface area is 163 Å². The van der Waals surface area contributed by atoms with E-state index in [-0.39, 0.29) is 18.2 Å². The van der Waals surface area contributed by atoms with Crippen molar-refractivity contribution in [1.29, 1.82) is 0 Å². The topological polar surface area (TPSA) is 67.9 Å². The predicted molar refractivity (Wildman–Crippen MR) is 104 cm³/mol. The van der Waals surface area contributed by atoms with Crippen molar-refractivity contribution in [2.75, 3.05) is 32.6 Å². The van der Waals surface area contributed by atoms with Gasteiger partial charge in [0.1, 0.15) is 0 Å². The molecule has 0 saturated heterocycles. The van der Waals surface area contributed by atoms with Crippen LogP contribution in [-0.4, -0.2) is 44.0 Å². The molecule has 1 aliphatic rings. The first-order valence-corrected chi connectivity index (χ1v) is 9.01. The van der Waals surface area contributed by atoms with Gasteiger partial charge in [0.2, 0.25) is 5.91 Å². The minimum atomic E-state index is -0.213. The van der Waals surface area contributed by atoms with Gasteiger partial charge in [0.15, 0.2) is 11.5 Å². The van der Waals surface area contributed by atoms with Crippen LogP contribution < -0.4 is 14.8 Å². The third kappa shape index (κ3) is 4.71. The number of nitrogens with zero attached hydrogens (tertiary/aromatic N) is 1. The van der Waals surface area contributed by atoms with Crippen LogP contribution in [0.2, 0.25) is 5.02 Å². The van der Waals surface area contributed by atoms with Crippen molar-refractivity contribution >= 4 is 29.1 Å². The van der Waals surface area contributed by atoms with Crippen LogP contribution in [0, 0.1) is 0 Å². The van der Waals surface area contributed by atoms with E-state index in [1.54, 1.807) is 50.5 Å². The molecular formula is C20H21ClN2O4. The number of fused-ring (bicyclic) bond motifs is 1. The number of ether oxygens (including phenoxy) is 2. The van der Waals surface area contributed by atoms with Crippen LogP contribution in [0.1, 0.15) is 22.3 Å². The summed E-state index contributed by atoms with van der Waals surface area (Å²) in [6, 6.07) is 10.3. The Morgan fingerprint density at radius 1 is 1.15 bits per heavy atom. The molecule has 0 bridgehead atoms. The molecule has 0 aliphatic carbocycles. The standard InChI is InChI=1S/C20H21ClN2O4/c1-23(2)20(25)14-5-3-6-15(12-14)22-18(24)11-13-9-16(21)19-17(10-13)26-7-4-8-27-19/h3,5-6,9-10,12H,4,7-8,11H2,1-2H3,(H,22,24). The summed E-state index contributed by atoms with van der Waals surface area (Å²) in [4.78, 5) is 26.0. The van der Waals surface area contributed by atoms with Crippen molar-refractivity contribution in [2.24, 2.45) is 0 Å². The SMILES string of the molecule is CN(C)C(=O)c1cccc(NC(=O)Cc2cc(Cl)c3c(c2)OCCCO3)c1. The molecule has 1 N–H and O–H groups in total. The number of carbonyl (C=O) groups is 2. The maximum absolute atomic E-state index is 12.4. The van der Waals surface area contributed by atoms with Gasteiger partial charge >= 0.3 is 0 Å². The smallest absolute Gasteiger partial charge is 0.253 e. The molecule has 2 aromatic carbocycles. The summed E-state index contributed by atoms with van der Waals surface area (Å²) < 4.78 is 11.2. The zero-order valence-electron chi connectivity index (χ0n) is 15.3. The van der Waals surface area contributed by atoms with Crippen LogP contribution in [-0.2, 0) is 11.2 Å². The fourth-order valence-corrected chi connectivity index (χ4v) is 3.05. The number of amides is 2. The molecule has 0 aromatic heterocycles. The molecule has 7 heteroatoms. The Kier molecular flexibility index (Phi) is 5.86. The number of halogens is 1. The normalized spacial score (nSPS) is 12.9. The predicted octanol–water partition coefficient (Wildman–Crippen LogP) is 3.38. The first-order valence-electron chi connectivity index (χ1n) is 8.63. The van der Waals surface area contributed by atoms with Crippen molar-refractivity contribution in [3.05, 3.63) is 52.5 Å². The van der Waals surface area contributed by atoms with E-state index in [1.807, 2.05) is 0 Å². The number of benzene rings is 2. The maximum atomic E-state index is 12.4. The number of hydrogen-bond donors (Lipinski definition) is 1. The van der Waals surface area contributed by atoms with Gasteiger partial charge in [-0.15, -0.1) is 0 Å². The van der Waals surface area contributed by atoms with Crippen LogP contribution in [0.5, 0.6) is 11.5 Å². The number of carbonyl (C=O) groups excluding carboxylic acids is 2. The fraction of sp³-hybridized carbons (Fsp3) is 0.300. The van der Waals surface area contributed by atoms with Crippen LogP contribution in [0.4, 0.5) is 5.69 Å². The lowest BCUT2D eigenvalue weighted by Gasteiger charge is -2.13. The third-order valence-electron chi connectivity index (χ3n) is 4.03. The van der Waals surface area contributed by atoms with E-state index in [1.165, 1.54) is 4.90 Å². The summed E-state index contributed by atoms with van der Waals surface area (Å²) in [7, 11) is 3.36. The number of anilines is 1. The van der Waals surface area contributed by atoms with Crippen molar-refractivity contribution in [1.82, 2.24) is 4.90 Å². The zero-order valence-corrected chi connectivity index (χ0v) is 16.0. The van der Waals surface area contributed by atoms with E-state index in [0.717, 1.165) is 12.0 Å². The molecule has 2 amide bonds. The molecule has 0 spiro atoms. The molecule has 0 fully saturated rings. The number of nitrogens with one attached hydrogen (secondary N) is 1. The molecule has 0 saturated carbocycles. The molecule has 142 valence electrons. The van der Waals surface area contributed by atoms with Crippen molar-refractivity contribution < 1.29 is 19.1 Å². The lowest BCUT2D eigenvalue weighted by atomic mass is 10.1. The maximum Gasteiger partial charge on any atom is 0.253 e. The van der Waals surface area contributed by atoms with Gasteiger partial charge in [-0.25, -0.2) is 0 Å². The minimum absolute atomic E-state index is 0.124. The summed E-state index contributed by atoms with van der Waals surface area (Å²) in [6.07, 6.45) is 0.908. The Balaban J connectivity index is 1.71. The van der Waals surface area contributed by atoms with Crippen LogP contribution in [0.3, 0.4) is 0 Å². The highest BCUT2D eigenvalue weighted by molar-refractivity contribution is 6.32. The lowest BCUT2D eigenvalue weighted by Crippen LogP contribution is -2.22. The summed E-state index contributed by atoms with van der Waals surface area (Å²) >= 11 is 6.27. The monoisotopic (exact) mass is 388 g/mol. The van der Waals surface area contributed by atoms with E-state index in [4.69, 9.17) is 21.1 Å². The highest BCUT2D eigenvalue weighted by atomic mass is 35.5. The number of hydrogen-bond acceptors (Lipinski definition) is 4. The van der Waals surface area contributed by atoms with E-state index >= 15 is 0 Å². The molecule has 2 aromatic rings. The largest absolute Gasteiger partial charge is 0.489 e. The molecule has 3 rings (SSSR count). The zero-order chi connectivity index (χ0) is 19.4. The van der Waals surface area contributed by atoms with Gasteiger partial charge in [0, 0.05) is 31.8 Å². The van der Waals surface area contributed by atoms with Gasteiger partial charge in [-0.2, -0.15) is 0 Å². The molecule has 0 unspecified atom stereocenters. The van der Waals surface area contributed by atoms with Gasteiger partial charge in [-0.1, -0.05) is 17.7 Å². The fourth-order valence-electron chi connectivity index (χ4n) is 2.76. The molecule has 6 nitrogen and oxygen atoms in total. The van der Waals surface area contributed by atoms with Gasteiger partial charge in [0.05, 0.1) is 24.7 Å². The Morgan fingerprint density at radius 3 is 2.70 bits per heavy atom. The summed E-state index contributed by atoms with van der Waals surface area (Å²) in [5.41, 5.74) is 1.80. The quantitative estimate of drug-likeness (QED) is 0.871. The highest BCUT2D eigenvalue weighted by Crippen LogP contribution is 2.38. The van der Waals surface area contributed by atoms with E-state index in [9.17, 15) is 9.59 Å². The second-order valence-electron chi connectivity index (χ2n) is 6.46. The molecule has 1 aliphatic heterocycles. The average Bonchev–Trinajstić information content (AvgIpc) is 2.87. The highest BCUT2D eigenvalue weighted by Gasteiger charge is 2.17. The van der Waals surface area contributed by atoms with Crippen LogP contribution in [0.15, 0.2) is 36.4 Å². The van der Waals surface area contributed by atoms with E-state index in [2.05, 4.69) is 5.32 Å². The first-order chi connectivity index (χ1) is 12.9. The van der Waals surface area contributed by atoms with Crippen molar-refractivity contribution in [2.45, 2.75) is 12.8 Å². The van der Waals surface area contributed by atoms with Crippen LogP contribution >= 0.6 is 11.6 Å². The van der Waals surface area contributed by atoms with E-state index in [0.29, 0.717) is 41.0 Å². The summed E-state index contributed by atoms with van der Waals surface area (Å²) in [5.74, 6) is 0.741. The Morgan fingerprint density at radius 2 is 1.93 bits per heavy atom. The van der Waals surface area contributed by atoms with Gasteiger partial charge < -0.3 is 19.7 Å².